The van der Waals surface area contributed by atoms with Crippen molar-refractivity contribution in [2.75, 3.05) is 25.9 Å². The Hall–Kier alpha value is -1.55. The average Bonchev–Trinajstić information content (AvgIpc) is 2.40. The number of benzene rings is 1. The first-order valence-corrected chi connectivity index (χ1v) is 6.85. The van der Waals surface area contributed by atoms with Crippen LogP contribution in [0.5, 0.6) is 0 Å². The highest BCUT2D eigenvalue weighted by atomic mass is 16.1. The maximum atomic E-state index is 11.8. The molecule has 0 aliphatic carbocycles. The Morgan fingerprint density at radius 1 is 1.42 bits per heavy atom. The van der Waals surface area contributed by atoms with Gasteiger partial charge in [0.1, 0.15) is 0 Å². The predicted octanol–water partition coefficient (Wildman–Crippen LogP) is 1.66. The van der Waals surface area contributed by atoms with E-state index in [1.165, 1.54) is 0 Å². The summed E-state index contributed by atoms with van der Waals surface area (Å²) >= 11 is 0. The van der Waals surface area contributed by atoms with Crippen molar-refractivity contribution >= 4 is 11.6 Å². The minimum absolute atomic E-state index is 0.0236. The van der Waals surface area contributed by atoms with Crippen LogP contribution in [0.3, 0.4) is 0 Å². The molecule has 0 heterocycles. The Morgan fingerprint density at radius 3 is 2.74 bits per heavy atom. The number of para-hydroxylation sites is 1. The lowest BCUT2D eigenvalue weighted by molar-refractivity contribution is -0.120. The van der Waals surface area contributed by atoms with Crippen molar-refractivity contribution in [3.63, 3.8) is 0 Å². The molecule has 1 unspecified atom stereocenters. The van der Waals surface area contributed by atoms with Gasteiger partial charge < -0.3 is 16.0 Å². The maximum absolute atomic E-state index is 11.8. The summed E-state index contributed by atoms with van der Waals surface area (Å²) in [5, 5.41) is 2.93. The number of nitrogen functional groups attached to an aromatic ring is 1. The summed E-state index contributed by atoms with van der Waals surface area (Å²) in [4.78, 5) is 14.0. The largest absolute Gasteiger partial charge is 0.398 e. The zero-order valence-corrected chi connectivity index (χ0v) is 12.1. The standard InChI is InChI=1S/C15H25N3O/c1-4-12(2)18(3)10-9-17-15(19)11-13-7-5-6-8-14(13)16/h5-8,12H,4,9-11,16H2,1-3H3,(H,17,19). The van der Waals surface area contributed by atoms with Crippen molar-refractivity contribution in [3.8, 4) is 0 Å². The molecule has 0 bridgehead atoms. The number of hydrogen-bond acceptors (Lipinski definition) is 3. The van der Waals surface area contributed by atoms with Gasteiger partial charge in [0.05, 0.1) is 6.42 Å². The molecule has 0 aromatic heterocycles. The van der Waals surface area contributed by atoms with Gasteiger partial charge in [-0.15, -0.1) is 0 Å². The molecule has 19 heavy (non-hydrogen) atoms. The fourth-order valence-corrected chi connectivity index (χ4v) is 1.83. The van der Waals surface area contributed by atoms with Gasteiger partial charge in [-0.3, -0.25) is 4.79 Å². The molecular formula is C15H25N3O. The first-order valence-electron chi connectivity index (χ1n) is 6.85. The second kappa shape index (κ2) is 7.79. The summed E-state index contributed by atoms with van der Waals surface area (Å²) in [5.74, 6) is 0.0236. The smallest absolute Gasteiger partial charge is 0.224 e. The van der Waals surface area contributed by atoms with E-state index in [-0.39, 0.29) is 5.91 Å². The van der Waals surface area contributed by atoms with E-state index in [4.69, 9.17) is 5.73 Å². The third-order valence-corrected chi connectivity index (χ3v) is 3.54. The van der Waals surface area contributed by atoms with Crippen LogP contribution in [0, 0.1) is 0 Å². The molecule has 0 spiro atoms. The van der Waals surface area contributed by atoms with Gasteiger partial charge in [-0.25, -0.2) is 0 Å². The Labute approximate surface area is 116 Å². The van der Waals surface area contributed by atoms with Gasteiger partial charge in [-0.05, 0) is 32.0 Å². The van der Waals surface area contributed by atoms with E-state index < -0.39 is 0 Å². The van der Waals surface area contributed by atoms with E-state index in [1.807, 2.05) is 24.3 Å². The summed E-state index contributed by atoms with van der Waals surface area (Å²) in [6.45, 7) is 5.89. The van der Waals surface area contributed by atoms with Crippen molar-refractivity contribution in [1.82, 2.24) is 10.2 Å². The lowest BCUT2D eigenvalue weighted by atomic mass is 10.1. The lowest BCUT2D eigenvalue weighted by Gasteiger charge is -2.23. The highest BCUT2D eigenvalue weighted by Gasteiger charge is 2.08. The number of nitrogens with zero attached hydrogens (tertiary/aromatic N) is 1. The molecule has 1 amide bonds. The van der Waals surface area contributed by atoms with E-state index in [0.717, 1.165) is 18.5 Å². The predicted molar refractivity (Wildman–Crippen MR) is 80.0 cm³/mol. The maximum Gasteiger partial charge on any atom is 0.224 e. The summed E-state index contributed by atoms with van der Waals surface area (Å²) in [5.41, 5.74) is 7.38. The zero-order valence-electron chi connectivity index (χ0n) is 12.1. The quantitative estimate of drug-likeness (QED) is 0.736. The molecule has 1 atom stereocenters. The number of amides is 1. The monoisotopic (exact) mass is 263 g/mol. The number of likely N-dealkylation sites (N-methyl/N-ethyl adjacent to an activating group) is 1. The molecule has 0 aliphatic heterocycles. The Morgan fingerprint density at radius 2 is 2.11 bits per heavy atom. The molecule has 0 radical (unpaired) electrons. The Bertz CT molecular complexity index is 406. The Kier molecular flexibility index (Phi) is 6.36. The SMILES string of the molecule is CCC(C)N(C)CCNC(=O)Cc1ccccc1N. The molecular weight excluding hydrogens is 238 g/mol. The van der Waals surface area contributed by atoms with Crippen molar-refractivity contribution in [2.45, 2.75) is 32.7 Å². The van der Waals surface area contributed by atoms with Crippen LogP contribution in [0.1, 0.15) is 25.8 Å². The van der Waals surface area contributed by atoms with Gasteiger partial charge in [0.25, 0.3) is 0 Å². The summed E-state index contributed by atoms with van der Waals surface area (Å²) < 4.78 is 0. The molecule has 4 nitrogen and oxygen atoms in total. The van der Waals surface area contributed by atoms with Crippen LogP contribution in [0.25, 0.3) is 0 Å². The first-order chi connectivity index (χ1) is 9.04. The van der Waals surface area contributed by atoms with Crippen molar-refractivity contribution in [1.29, 1.82) is 0 Å². The van der Waals surface area contributed by atoms with Gasteiger partial charge in [0.2, 0.25) is 5.91 Å². The second-order valence-corrected chi connectivity index (χ2v) is 4.96. The second-order valence-electron chi connectivity index (χ2n) is 4.96. The number of carbonyl (C=O) groups excluding carboxylic acids is 1. The van der Waals surface area contributed by atoms with Crippen LogP contribution in [-0.2, 0) is 11.2 Å². The van der Waals surface area contributed by atoms with Gasteiger partial charge in [0.15, 0.2) is 0 Å². The molecule has 0 aliphatic rings. The van der Waals surface area contributed by atoms with Gasteiger partial charge in [-0.2, -0.15) is 0 Å². The van der Waals surface area contributed by atoms with E-state index in [9.17, 15) is 4.79 Å². The molecule has 0 saturated heterocycles. The summed E-state index contributed by atoms with van der Waals surface area (Å²) in [6, 6.07) is 8.02. The van der Waals surface area contributed by atoms with Crippen LogP contribution in [0.4, 0.5) is 5.69 Å². The molecule has 4 heteroatoms. The number of rotatable bonds is 7. The Balaban J connectivity index is 2.31. The van der Waals surface area contributed by atoms with Crippen molar-refractivity contribution in [2.24, 2.45) is 0 Å². The van der Waals surface area contributed by atoms with E-state index >= 15 is 0 Å². The van der Waals surface area contributed by atoms with E-state index in [2.05, 4.69) is 31.1 Å². The van der Waals surface area contributed by atoms with Gasteiger partial charge in [-0.1, -0.05) is 25.1 Å². The molecule has 3 N–H and O–H groups in total. The number of anilines is 1. The molecule has 1 aromatic rings. The normalized spacial score (nSPS) is 12.4. The van der Waals surface area contributed by atoms with Crippen LogP contribution < -0.4 is 11.1 Å². The average molecular weight is 263 g/mol. The zero-order chi connectivity index (χ0) is 14.3. The molecule has 1 aromatic carbocycles. The van der Waals surface area contributed by atoms with E-state index in [1.54, 1.807) is 0 Å². The van der Waals surface area contributed by atoms with Crippen LogP contribution in [0.2, 0.25) is 0 Å². The van der Waals surface area contributed by atoms with Crippen LogP contribution >= 0.6 is 0 Å². The van der Waals surface area contributed by atoms with Crippen LogP contribution in [0.15, 0.2) is 24.3 Å². The minimum atomic E-state index is 0.0236. The summed E-state index contributed by atoms with van der Waals surface area (Å²) in [7, 11) is 2.08. The summed E-state index contributed by atoms with van der Waals surface area (Å²) in [6.07, 6.45) is 1.46. The van der Waals surface area contributed by atoms with Crippen molar-refractivity contribution in [3.05, 3.63) is 29.8 Å². The fourth-order valence-electron chi connectivity index (χ4n) is 1.83. The molecule has 106 valence electrons. The molecule has 0 fully saturated rings. The molecule has 0 saturated carbocycles. The highest BCUT2D eigenvalue weighted by molar-refractivity contribution is 5.80. The number of nitrogens with two attached hydrogens (primary N) is 1. The third kappa shape index (κ3) is 5.30. The topological polar surface area (TPSA) is 58.4 Å². The fraction of sp³-hybridized carbons (Fsp3) is 0.533. The molecule has 1 rings (SSSR count). The van der Waals surface area contributed by atoms with E-state index in [0.29, 0.717) is 24.7 Å². The highest BCUT2D eigenvalue weighted by Crippen LogP contribution is 2.10. The van der Waals surface area contributed by atoms with Gasteiger partial charge >= 0.3 is 0 Å². The number of hydrogen-bond donors (Lipinski definition) is 2. The van der Waals surface area contributed by atoms with Gasteiger partial charge in [0, 0.05) is 24.8 Å². The minimum Gasteiger partial charge on any atom is -0.398 e. The third-order valence-electron chi connectivity index (χ3n) is 3.54. The number of carbonyl (C=O) groups is 1. The first kappa shape index (κ1) is 15.5. The van der Waals surface area contributed by atoms with Crippen LogP contribution in [-0.4, -0.2) is 37.0 Å². The number of nitrogens with one attached hydrogen (secondary N) is 1. The lowest BCUT2D eigenvalue weighted by Crippen LogP contribution is -2.37. The van der Waals surface area contributed by atoms with Crippen molar-refractivity contribution < 1.29 is 4.79 Å².